The largest absolute Gasteiger partial charge is 0.445 e. The second-order valence-corrected chi connectivity index (χ2v) is 6.91. The molecule has 1 aliphatic rings. The van der Waals surface area contributed by atoms with Gasteiger partial charge in [0.15, 0.2) is 0 Å². The molecule has 2 aromatic rings. The first kappa shape index (κ1) is 20.2. The minimum Gasteiger partial charge on any atom is -0.445 e. The summed E-state index contributed by atoms with van der Waals surface area (Å²) in [5.74, 6) is -0.320. The molecule has 0 atom stereocenters. The molecule has 0 spiro atoms. The molecule has 1 aliphatic heterocycles. The maximum absolute atomic E-state index is 12.2. The number of likely N-dealkylation sites (tertiary alicyclic amines) is 1. The van der Waals surface area contributed by atoms with Crippen LogP contribution in [0.2, 0.25) is 0 Å². The van der Waals surface area contributed by atoms with E-state index in [1.54, 1.807) is 17.0 Å². The maximum Gasteiger partial charge on any atom is 0.410 e. The van der Waals surface area contributed by atoms with Crippen LogP contribution in [-0.2, 0) is 16.1 Å². The number of piperidine rings is 1. The summed E-state index contributed by atoms with van der Waals surface area (Å²) < 4.78 is 5.40. The Bertz CT molecular complexity index is 854. The van der Waals surface area contributed by atoms with Crippen LogP contribution in [0.15, 0.2) is 54.6 Å². The van der Waals surface area contributed by atoms with Crippen LogP contribution in [0.4, 0.5) is 16.2 Å². The van der Waals surface area contributed by atoms with Crippen LogP contribution < -0.4 is 10.6 Å². The summed E-state index contributed by atoms with van der Waals surface area (Å²) in [5, 5.41) is 14.7. The van der Waals surface area contributed by atoms with Crippen molar-refractivity contribution >= 4 is 23.4 Å². The number of nitriles is 1. The normalized spacial score (nSPS) is 14.0. The molecule has 2 aromatic carbocycles. The number of ether oxygens (including phenoxy) is 1. The average molecular weight is 392 g/mol. The van der Waals surface area contributed by atoms with Crippen molar-refractivity contribution in [2.24, 2.45) is 0 Å². The third kappa shape index (κ3) is 6.25. The number of nitrogens with zero attached hydrogens (tertiary/aromatic N) is 2. The van der Waals surface area contributed by atoms with Crippen molar-refractivity contribution in [3.8, 4) is 6.07 Å². The Morgan fingerprint density at radius 2 is 1.69 bits per heavy atom. The van der Waals surface area contributed by atoms with E-state index in [4.69, 9.17) is 10.00 Å². The van der Waals surface area contributed by atoms with Gasteiger partial charge in [0, 0.05) is 30.5 Å². The molecule has 1 saturated heterocycles. The second kappa shape index (κ2) is 10.1. The van der Waals surface area contributed by atoms with Gasteiger partial charge < -0.3 is 20.3 Å². The van der Waals surface area contributed by atoms with Gasteiger partial charge in [-0.3, -0.25) is 4.79 Å². The lowest BCUT2D eigenvalue weighted by Gasteiger charge is -2.32. The van der Waals surface area contributed by atoms with Gasteiger partial charge in [0.1, 0.15) is 13.0 Å². The van der Waals surface area contributed by atoms with Crippen molar-refractivity contribution < 1.29 is 14.3 Å². The molecule has 0 bridgehead atoms. The van der Waals surface area contributed by atoms with Crippen molar-refractivity contribution in [1.82, 2.24) is 4.90 Å². The van der Waals surface area contributed by atoms with Gasteiger partial charge in [-0.15, -0.1) is 0 Å². The summed E-state index contributed by atoms with van der Waals surface area (Å²) in [6, 6.07) is 19.1. The molecule has 7 nitrogen and oxygen atoms in total. The summed E-state index contributed by atoms with van der Waals surface area (Å²) in [6.07, 6.45) is 1.24. The Balaban J connectivity index is 1.41. The Labute approximate surface area is 170 Å². The number of rotatable bonds is 6. The molecule has 0 unspecified atom stereocenters. The van der Waals surface area contributed by atoms with Crippen LogP contribution in [-0.4, -0.2) is 36.0 Å². The summed E-state index contributed by atoms with van der Waals surface area (Å²) >= 11 is 0. The first-order chi connectivity index (χ1) is 14.1. The molecule has 0 radical (unpaired) electrons. The van der Waals surface area contributed by atoms with Crippen LogP contribution in [0.25, 0.3) is 0 Å². The molecule has 2 N–H and O–H groups in total. The summed E-state index contributed by atoms with van der Waals surface area (Å²) in [6.45, 7) is 1.58. The quantitative estimate of drug-likeness (QED) is 0.781. The zero-order valence-corrected chi connectivity index (χ0v) is 16.1. The molecule has 3 rings (SSSR count). The molecule has 0 saturated carbocycles. The van der Waals surface area contributed by atoms with Crippen LogP contribution in [0.5, 0.6) is 0 Å². The highest BCUT2D eigenvalue weighted by molar-refractivity contribution is 5.92. The lowest BCUT2D eigenvalue weighted by atomic mass is 10.0. The zero-order chi connectivity index (χ0) is 20.5. The van der Waals surface area contributed by atoms with E-state index in [9.17, 15) is 9.59 Å². The molecule has 2 amide bonds. The van der Waals surface area contributed by atoms with Crippen molar-refractivity contribution in [2.45, 2.75) is 31.9 Å². The first-order valence-corrected chi connectivity index (χ1v) is 9.63. The number of nitrogens with one attached hydrogen (secondary N) is 2. The Hall–Kier alpha value is -3.53. The van der Waals surface area contributed by atoms with Gasteiger partial charge in [-0.05, 0) is 42.7 Å². The molecular weight excluding hydrogens is 368 g/mol. The fourth-order valence-electron chi connectivity index (χ4n) is 3.18. The van der Waals surface area contributed by atoms with Crippen molar-refractivity contribution in [1.29, 1.82) is 5.26 Å². The van der Waals surface area contributed by atoms with E-state index in [2.05, 4.69) is 10.6 Å². The van der Waals surface area contributed by atoms with E-state index in [1.165, 1.54) is 0 Å². The van der Waals surface area contributed by atoms with E-state index < -0.39 is 0 Å². The minimum atomic E-state index is -0.320. The number of hydrogen-bond donors (Lipinski definition) is 2. The number of carbonyl (C=O) groups is 2. The minimum absolute atomic E-state index is 0.160. The van der Waals surface area contributed by atoms with Crippen LogP contribution in [0.1, 0.15) is 24.8 Å². The summed E-state index contributed by atoms with van der Waals surface area (Å²) in [5.41, 5.74) is 2.59. The molecular formula is C22H24N4O3. The smallest absolute Gasteiger partial charge is 0.410 e. The number of hydrogen-bond acceptors (Lipinski definition) is 5. The van der Waals surface area contributed by atoms with Gasteiger partial charge in [0.25, 0.3) is 0 Å². The average Bonchev–Trinajstić information content (AvgIpc) is 2.75. The molecule has 0 aromatic heterocycles. The summed E-state index contributed by atoms with van der Waals surface area (Å²) in [4.78, 5) is 25.4. The second-order valence-electron chi connectivity index (χ2n) is 6.91. The third-order valence-electron chi connectivity index (χ3n) is 4.74. The standard InChI is InChI=1S/C22H24N4O3/c23-13-10-21(27)25-19-8-6-18(7-9-19)24-20-11-14-26(15-12-20)22(28)29-16-17-4-2-1-3-5-17/h1-9,20,24H,10-12,14-16H2,(H,25,27). The van der Waals surface area contributed by atoms with Gasteiger partial charge in [0.2, 0.25) is 5.91 Å². The van der Waals surface area contributed by atoms with Gasteiger partial charge in [-0.2, -0.15) is 5.26 Å². The lowest BCUT2D eigenvalue weighted by molar-refractivity contribution is -0.115. The van der Waals surface area contributed by atoms with Gasteiger partial charge in [0.05, 0.1) is 6.07 Å². The number of carbonyl (C=O) groups excluding carboxylic acids is 2. The van der Waals surface area contributed by atoms with E-state index in [0.29, 0.717) is 18.8 Å². The van der Waals surface area contributed by atoms with Gasteiger partial charge in [-0.1, -0.05) is 30.3 Å². The van der Waals surface area contributed by atoms with Crippen LogP contribution in [0.3, 0.4) is 0 Å². The van der Waals surface area contributed by atoms with Crippen molar-refractivity contribution in [3.05, 3.63) is 60.2 Å². The third-order valence-corrected chi connectivity index (χ3v) is 4.74. The monoisotopic (exact) mass is 392 g/mol. The van der Waals surface area contributed by atoms with E-state index >= 15 is 0 Å². The molecule has 150 valence electrons. The molecule has 1 heterocycles. The molecule has 0 aliphatic carbocycles. The summed E-state index contributed by atoms with van der Waals surface area (Å²) in [7, 11) is 0. The Morgan fingerprint density at radius 1 is 1.03 bits per heavy atom. The number of benzene rings is 2. The topological polar surface area (TPSA) is 94.5 Å². The molecule has 1 fully saturated rings. The Morgan fingerprint density at radius 3 is 2.34 bits per heavy atom. The zero-order valence-electron chi connectivity index (χ0n) is 16.1. The number of anilines is 2. The predicted octanol–water partition coefficient (Wildman–Crippen LogP) is 3.75. The van der Waals surface area contributed by atoms with Crippen molar-refractivity contribution in [3.63, 3.8) is 0 Å². The van der Waals surface area contributed by atoms with E-state index in [1.807, 2.05) is 48.5 Å². The molecule has 29 heavy (non-hydrogen) atoms. The first-order valence-electron chi connectivity index (χ1n) is 9.63. The van der Waals surface area contributed by atoms with Gasteiger partial charge in [-0.25, -0.2) is 4.79 Å². The van der Waals surface area contributed by atoms with Crippen LogP contribution >= 0.6 is 0 Å². The fraction of sp³-hybridized carbons (Fsp3) is 0.318. The van der Waals surface area contributed by atoms with Crippen molar-refractivity contribution in [2.75, 3.05) is 23.7 Å². The molecule has 7 heteroatoms. The predicted molar refractivity (Wildman–Crippen MR) is 110 cm³/mol. The SMILES string of the molecule is N#CCC(=O)Nc1ccc(NC2CCN(C(=O)OCc3ccccc3)CC2)cc1. The maximum atomic E-state index is 12.2. The van der Waals surface area contributed by atoms with Gasteiger partial charge >= 0.3 is 6.09 Å². The highest BCUT2D eigenvalue weighted by Gasteiger charge is 2.23. The fourth-order valence-corrected chi connectivity index (χ4v) is 3.18. The highest BCUT2D eigenvalue weighted by atomic mass is 16.6. The van der Waals surface area contributed by atoms with Crippen LogP contribution in [0, 0.1) is 11.3 Å². The van der Waals surface area contributed by atoms with E-state index in [0.717, 1.165) is 24.1 Å². The van der Waals surface area contributed by atoms with E-state index in [-0.39, 0.29) is 31.1 Å². The Kier molecular flexibility index (Phi) is 7.06. The lowest BCUT2D eigenvalue weighted by Crippen LogP contribution is -2.42. The highest BCUT2D eigenvalue weighted by Crippen LogP contribution is 2.19. The number of amides is 2.